The van der Waals surface area contributed by atoms with Gasteiger partial charge in [0, 0.05) is 11.8 Å². The molecule has 0 radical (unpaired) electrons. The average Bonchev–Trinajstić information content (AvgIpc) is 3.16. The van der Waals surface area contributed by atoms with Gasteiger partial charge in [0.15, 0.2) is 0 Å². The number of fused-ring (bicyclic) bond motifs is 10. The van der Waals surface area contributed by atoms with Gasteiger partial charge in [0.25, 0.3) is 0 Å². The van der Waals surface area contributed by atoms with Crippen LogP contribution < -0.4 is 0 Å². The molecule has 116 valence electrons. The molecule has 0 aliphatic heterocycles. The highest BCUT2D eigenvalue weighted by molar-refractivity contribution is 5.93. The number of nitrogens with zero attached hydrogens (tertiary/aromatic N) is 2. The Bertz CT molecular complexity index is 972. The minimum absolute atomic E-state index is 0.331. The summed E-state index contributed by atoms with van der Waals surface area (Å²) in [4.78, 5) is 9.11. The maximum absolute atomic E-state index is 4.80. The first-order valence-electron chi connectivity index (χ1n) is 8.52. The largest absolute Gasteiger partial charge is 0.244 e. The Hall–Kier alpha value is -3.26. The molecule has 25 heavy (non-hydrogen) atoms. The second-order valence-corrected chi connectivity index (χ2v) is 6.67. The molecule has 0 saturated heterocycles. The van der Waals surface area contributed by atoms with Crippen molar-refractivity contribution in [2.45, 2.75) is 5.41 Å². The molecule has 0 atom stereocenters. The van der Waals surface area contributed by atoms with Gasteiger partial charge in [0.05, 0.1) is 11.1 Å². The third-order valence-corrected chi connectivity index (χ3v) is 5.64. The predicted molar refractivity (Wildman–Crippen MR) is 98.3 cm³/mol. The molecule has 0 unspecified atom stereocenters. The first kappa shape index (κ1) is 13.1. The van der Waals surface area contributed by atoms with E-state index in [2.05, 4.69) is 77.8 Å². The van der Waals surface area contributed by atoms with Gasteiger partial charge in [-0.1, -0.05) is 72.8 Å². The standard InChI is InChI=1S/C23H14N2/c1-4-10-19-15(7-1)16-8-2-5-11-20(16)23(19)21-12-6-3-9-17(21)18-13-24-14-25-22(18)23/h1-14H. The first-order valence-corrected chi connectivity index (χ1v) is 8.52. The Morgan fingerprint density at radius 1 is 0.560 bits per heavy atom. The van der Waals surface area contributed by atoms with E-state index in [0.29, 0.717) is 0 Å². The maximum atomic E-state index is 4.80. The molecule has 0 fully saturated rings. The van der Waals surface area contributed by atoms with Crippen LogP contribution >= 0.6 is 0 Å². The highest BCUT2D eigenvalue weighted by Gasteiger charge is 2.52. The maximum Gasteiger partial charge on any atom is 0.115 e. The zero-order valence-electron chi connectivity index (χ0n) is 13.5. The number of hydrogen-bond acceptors (Lipinski definition) is 2. The Labute approximate surface area is 145 Å². The molecule has 0 N–H and O–H groups in total. The van der Waals surface area contributed by atoms with E-state index in [1.54, 1.807) is 6.33 Å². The van der Waals surface area contributed by atoms with Crippen LogP contribution in [0, 0.1) is 0 Å². The molecule has 2 aliphatic rings. The van der Waals surface area contributed by atoms with E-state index >= 15 is 0 Å². The predicted octanol–water partition coefficient (Wildman–Crippen LogP) is 4.82. The number of benzene rings is 3. The molecule has 1 spiro atoms. The summed E-state index contributed by atoms with van der Waals surface area (Å²) < 4.78 is 0. The molecular weight excluding hydrogens is 304 g/mol. The van der Waals surface area contributed by atoms with E-state index < -0.39 is 0 Å². The summed E-state index contributed by atoms with van der Waals surface area (Å²) in [7, 11) is 0. The van der Waals surface area contributed by atoms with Crippen LogP contribution in [0.1, 0.15) is 22.4 Å². The fourth-order valence-corrected chi connectivity index (χ4v) is 4.78. The minimum Gasteiger partial charge on any atom is -0.244 e. The Morgan fingerprint density at radius 2 is 1.04 bits per heavy atom. The van der Waals surface area contributed by atoms with Gasteiger partial charge in [0.2, 0.25) is 0 Å². The lowest BCUT2D eigenvalue weighted by Gasteiger charge is -2.28. The molecule has 0 bridgehead atoms. The fourth-order valence-electron chi connectivity index (χ4n) is 4.78. The van der Waals surface area contributed by atoms with Crippen LogP contribution in [0.5, 0.6) is 0 Å². The lowest BCUT2D eigenvalue weighted by Crippen LogP contribution is -2.26. The molecule has 0 amide bonds. The van der Waals surface area contributed by atoms with Crippen molar-refractivity contribution < 1.29 is 0 Å². The van der Waals surface area contributed by atoms with Crippen molar-refractivity contribution in [1.82, 2.24) is 9.97 Å². The minimum atomic E-state index is -0.331. The summed E-state index contributed by atoms with van der Waals surface area (Å²) in [6.45, 7) is 0. The second kappa shape index (κ2) is 4.42. The van der Waals surface area contributed by atoms with Crippen molar-refractivity contribution in [2.75, 3.05) is 0 Å². The summed E-state index contributed by atoms with van der Waals surface area (Å²) in [5, 5.41) is 0. The zero-order chi connectivity index (χ0) is 16.4. The van der Waals surface area contributed by atoms with Crippen molar-refractivity contribution in [3.8, 4) is 22.3 Å². The molecule has 3 aromatic carbocycles. The molecule has 2 aliphatic carbocycles. The molecule has 2 nitrogen and oxygen atoms in total. The average molecular weight is 318 g/mol. The van der Waals surface area contributed by atoms with E-state index in [9.17, 15) is 0 Å². The molecule has 6 rings (SSSR count). The van der Waals surface area contributed by atoms with Gasteiger partial charge in [-0.05, 0) is 33.4 Å². The normalized spacial score (nSPS) is 14.7. The Morgan fingerprint density at radius 3 is 1.60 bits per heavy atom. The fraction of sp³-hybridized carbons (Fsp3) is 0.0435. The van der Waals surface area contributed by atoms with Gasteiger partial charge >= 0.3 is 0 Å². The molecule has 1 heterocycles. The van der Waals surface area contributed by atoms with E-state index in [0.717, 1.165) is 11.3 Å². The van der Waals surface area contributed by atoms with E-state index in [1.807, 2.05) is 6.20 Å². The van der Waals surface area contributed by atoms with Gasteiger partial charge in [-0.25, -0.2) is 9.97 Å². The molecular formula is C23H14N2. The van der Waals surface area contributed by atoms with Gasteiger partial charge in [-0.2, -0.15) is 0 Å². The summed E-state index contributed by atoms with van der Waals surface area (Å²) in [6.07, 6.45) is 3.63. The highest BCUT2D eigenvalue weighted by atomic mass is 14.9. The lowest BCUT2D eigenvalue weighted by molar-refractivity contribution is 0.756. The lowest BCUT2D eigenvalue weighted by atomic mass is 9.72. The van der Waals surface area contributed by atoms with Crippen LogP contribution in [0.4, 0.5) is 0 Å². The van der Waals surface area contributed by atoms with Crippen LogP contribution in [0.15, 0.2) is 85.3 Å². The van der Waals surface area contributed by atoms with E-state index in [-0.39, 0.29) is 5.41 Å². The van der Waals surface area contributed by atoms with Crippen molar-refractivity contribution in [2.24, 2.45) is 0 Å². The van der Waals surface area contributed by atoms with Crippen molar-refractivity contribution in [3.63, 3.8) is 0 Å². The van der Waals surface area contributed by atoms with Gasteiger partial charge < -0.3 is 0 Å². The zero-order valence-corrected chi connectivity index (χ0v) is 13.5. The monoisotopic (exact) mass is 318 g/mol. The highest BCUT2D eigenvalue weighted by Crippen LogP contribution is 2.61. The van der Waals surface area contributed by atoms with Gasteiger partial charge in [-0.15, -0.1) is 0 Å². The van der Waals surface area contributed by atoms with E-state index in [1.165, 1.54) is 33.4 Å². The Kier molecular flexibility index (Phi) is 2.31. The third-order valence-electron chi connectivity index (χ3n) is 5.64. The first-order chi connectivity index (χ1) is 12.4. The summed E-state index contributed by atoms with van der Waals surface area (Å²) in [5.41, 5.74) is 9.71. The topological polar surface area (TPSA) is 25.8 Å². The SMILES string of the molecule is c1ccc2c(c1)-c1ccccc1C21c2ccccc2-c2cncnc21. The number of rotatable bonds is 0. The summed E-state index contributed by atoms with van der Waals surface area (Å²) in [6, 6.07) is 26.1. The van der Waals surface area contributed by atoms with Crippen LogP contribution in [-0.2, 0) is 5.41 Å². The van der Waals surface area contributed by atoms with Crippen LogP contribution in [0.3, 0.4) is 0 Å². The summed E-state index contributed by atoms with van der Waals surface area (Å²) >= 11 is 0. The molecule has 0 saturated carbocycles. The van der Waals surface area contributed by atoms with Crippen LogP contribution in [0.25, 0.3) is 22.3 Å². The summed E-state index contributed by atoms with van der Waals surface area (Å²) in [5.74, 6) is 0. The van der Waals surface area contributed by atoms with Gasteiger partial charge in [-0.3, -0.25) is 0 Å². The number of hydrogen-bond donors (Lipinski definition) is 0. The van der Waals surface area contributed by atoms with Crippen molar-refractivity contribution >= 4 is 0 Å². The smallest absolute Gasteiger partial charge is 0.115 e. The molecule has 4 aromatic rings. The number of aromatic nitrogens is 2. The van der Waals surface area contributed by atoms with Crippen LogP contribution in [0.2, 0.25) is 0 Å². The van der Waals surface area contributed by atoms with E-state index in [4.69, 9.17) is 4.98 Å². The quantitative estimate of drug-likeness (QED) is 0.401. The van der Waals surface area contributed by atoms with Crippen LogP contribution in [-0.4, -0.2) is 9.97 Å². The Balaban J connectivity index is 1.89. The van der Waals surface area contributed by atoms with Gasteiger partial charge in [0.1, 0.15) is 6.33 Å². The second-order valence-electron chi connectivity index (χ2n) is 6.67. The third kappa shape index (κ3) is 1.38. The molecule has 2 heteroatoms. The molecule has 1 aromatic heterocycles. The van der Waals surface area contributed by atoms with Crippen molar-refractivity contribution in [1.29, 1.82) is 0 Å². The van der Waals surface area contributed by atoms with Crippen molar-refractivity contribution in [3.05, 3.63) is 108 Å².